The van der Waals surface area contributed by atoms with E-state index < -0.39 is 6.04 Å². The lowest BCUT2D eigenvalue weighted by Crippen LogP contribution is -2.29. The fourth-order valence-corrected chi connectivity index (χ4v) is 2.19. The number of benzene rings is 2. The Kier molecular flexibility index (Phi) is 4.19. The van der Waals surface area contributed by atoms with E-state index in [9.17, 15) is 4.39 Å². The van der Waals surface area contributed by atoms with E-state index in [0.29, 0.717) is 21.2 Å². The molecule has 2 nitrogen and oxygen atoms in total. The quantitative estimate of drug-likeness (QED) is 0.666. The molecule has 18 heavy (non-hydrogen) atoms. The topological polar surface area (TPSA) is 38.0 Å². The first-order valence-corrected chi connectivity index (χ1v) is 6.04. The number of hydrogen-bond donors (Lipinski definition) is 2. The molecule has 0 amide bonds. The van der Waals surface area contributed by atoms with E-state index >= 15 is 0 Å². The summed E-state index contributed by atoms with van der Waals surface area (Å²) in [6, 6.07) is 10.8. The SMILES string of the molecule is NNC(c1cccc(F)c1)c1cc(Cl)ccc1Cl. The summed E-state index contributed by atoms with van der Waals surface area (Å²) in [4.78, 5) is 0. The van der Waals surface area contributed by atoms with Gasteiger partial charge in [0.1, 0.15) is 5.82 Å². The molecule has 0 aromatic heterocycles. The normalized spacial score (nSPS) is 12.4. The van der Waals surface area contributed by atoms with Crippen molar-refractivity contribution in [2.24, 2.45) is 5.84 Å². The molecular formula is C13H11Cl2FN2. The maximum absolute atomic E-state index is 13.2. The van der Waals surface area contributed by atoms with Gasteiger partial charge in [-0.3, -0.25) is 5.84 Å². The van der Waals surface area contributed by atoms with Gasteiger partial charge in [-0.2, -0.15) is 0 Å². The van der Waals surface area contributed by atoms with Crippen molar-refractivity contribution in [1.29, 1.82) is 0 Å². The Morgan fingerprint density at radius 2 is 1.89 bits per heavy atom. The molecule has 0 saturated heterocycles. The molecule has 2 aromatic rings. The van der Waals surface area contributed by atoms with Crippen LogP contribution in [0.15, 0.2) is 42.5 Å². The Balaban J connectivity index is 2.48. The van der Waals surface area contributed by atoms with Gasteiger partial charge in [0, 0.05) is 10.0 Å². The van der Waals surface area contributed by atoms with Crippen LogP contribution in [0.25, 0.3) is 0 Å². The minimum absolute atomic E-state index is 0.328. The van der Waals surface area contributed by atoms with Crippen LogP contribution in [0.2, 0.25) is 10.0 Å². The van der Waals surface area contributed by atoms with Gasteiger partial charge >= 0.3 is 0 Å². The molecule has 5 heteroatoms. The number of hydrazine groups is 1. The highest BCUT2D eigenvalue weighted by Gasteiger charge is 2.16. The minimum Gasteiger partial charge on any atom is -0.271 e. The fourth-order valence-electron chi connectivity index (χ4n) is 1.79. The van der Waals surface area contributed by atoms with Crippen LogP contribution in [-0.2, 0) is 0 Å². The first kappa shape index (κ1) is 13.3. The van der Waals surface area contributed by atoms with Crippen LogP contribution in [0.4, 0.5) is 4.39 Å². The Morgan fingerprint density at radius 1 is 1.11 bits per heavy atom. The predicted molar refractivity (Wildman–Crippen MR) is 72.0 cm³/mol. The van der Waals surface area contributed by atoms with E-state index in [4.69, 9.17) is 29.0 Å². The number of hydrogen-bond acceptors (Lipinski definition) is 2. The maximum Gasteiger partial charge on any atom is 0.123 e. The smallest absolute Gasteiger partial charge is 0.123 e. The number of nitrogens with two attached hydrogens (primary N) is 1. The molecule has 1 atom stereocenters. The van der Waals surface area contributed by atoms with Crippen molar-refractivity contribution in [2.75, 3.05) is 0 Å². The standard InChI is InChI=1S/C13H11Cl2FN2/c14-9-4-5-12(15)11(7-9)13(18-17)8-2-1-3-10(16)6-8/h1-7,13,18H,17H2. The number of halogens is 3. The summed E-state index contributed by atoms with van der Waals surface area (Å²) in [7, 11) is 0. The van der Waals surface area contributed by atoms with Gasteiger partial charge in [-0.15, -0.1) is 0 Å². The zero-order valence-electron chi connectivity index (χ0n) is 9.33. The first-order chi connectivity index (χ1) is 8.61. The average Bonchev–Trinajstić information content (AvgIpc) is 2.35. The van der Waals surface area contributed by atoms with Crippen LogP contribution in [0, 0.1) is 5.82 Å². The van der Waals surface area contributed by atoms with Crippen molar-refractivity contribution in [3.8, 4) is 0 Å². The van der Waals surface area contributed by atoms with Crippen molar-refractivity contribution < 1.29 is 4.39 Å². The van der Waals surface area contributed by atoms with Crippen LogP contribution in [0.5, 0.6) is 0 Å². The lowest BCUT2D eigenvalue weighted by molar-refractivity contribution is 0.605. The maximum atomic E-state index is 13.2. The Hall–Kier alpha value is -1.13. The highest BCUT2D eigenvalue weighted by molar-refractivity contribution is 6.33. The average molecular weight is 285 g/mol. The monoisotopic (exact) mass is 284 g/mol. The van der Waals surface area contributed by atoms with E-state index in [0.717, 1.165) is 0 Å². The van der Waals surface area contributed by atoms with E-state index in [-0.39, 0.29) is 5.82 Å². The van der Waals surface area contributed by atoms with Gasteiger partial charge in [0.15, 0.2) is 0 Å². The second-order valence-electron chi connectivity index (χ2n) is 3.82. The largest absolute Gasteiger partial charge is 0.271 e. The van der Waals surface area contributed by atoms with Gasteiger partial charge in [0.05, 0.1) is 6.04 Å². The zero-order valence-corrected chi connectivity index (χ0v) is 10.8. The Labute approximate surface area is 114 Å². The molecule has 1 unspecified atom stereocenters. The zero-order chi connectivity index (χ0) is 13.1. The van der Waals surface area contributed by atoms with E-state index in [2.05, 4.69) is 5.43 Å². The van der Waals surface area contributed by atoms with Crippen molar-refractivity contribution in [3.05, 3.63) is 69.5 Å². The summed E-state index contributed by atoms with van der Waals surface area (Å²) in [6.07, 6.45) is 0. The molecule has 0 spiro atoms. The van der Waals surface area contributed by atoms with Crippen molar-refractivity contribution in [3.63, 3.8) is 0 Å². The summed E-state index contributed by atoms with van der Waals surface area (Å²) in [5, 5.41) is 1.07. The van der Waals surface area contributed by atoms with Crippen LogP contribution in [-0.4, -0.2) is 0 Å². The third-order valence-corrected chi connectivity index (χ3v) is 3.20. The Bertz CT molecular complexity index is 560. The highest BCUT2D eigenvalue weighted by atomic mass is 35.5. The molecule has 94 valence electrons. The van der Waals surface area contributed by atoms with Crippen LogP contribution < -0.4 is 11.3 Å². The molecule has 2 rings (SSSR count). The summed E-state index contributed by atoms with van der Waals surface area (Å²) in [5.74, 6) is 5.20. The fraction of sp³-hybridized carbons (Fsp3) is 0.0769. The van der Waals surface area contributed by atoms with Gasteiger partial charge in [0.25, 0.3) is 0 Å². The molecule has 0 aliphatic carbocycles. The predicted octanol–water partition coefficient (Wildman–Crippen LogP) is 3.69. The van der Waals surface area contributed by atoms with E-state index in [1.54, 1.807) is 30.3 Å². The van der Waals surface area contributed by atoms with Gasteiger partial charge in [0.2, 0.25) is 0 Å². The number of rotatable bonds is 3. The van der Waals surface area contributed by atoms with Crippen LogP contribution in [0.3, 0.4) is 0 Å². The molecule has 0 aliphatic heterocycles. The molecule has 0 bridgehead atoms. The summed E-state index contributed by atoms with van der Waals surface area (Å²) >= 11 is 12.0. The molecule has 2 aromatic carbocycles. The van der Waals surface area contributed by atoms with Gasteiger partial charge in [-0.05, 0) is 41.5 Å². The van der Waals surface area contributed by atoms with E-state index in [1.807, 2.05) is 0 Å². The highest BCUT2D eigenvalue weighted by Crippen LogP contribution is 2.30. The molecular weight excluding hydrogens is 274 g/mol. The first-order valence-electron chi connectivity index (χ1n) is 5.28. The third kappa shape index (κ3) is 2.82. The molecule has 0 saturated carbocycles. The second kappa shape index (κ2) is 5.67. The summed E-state index contributed by atoms with van der Waals surface area (Å²) in [5.41, 5.74) is 4.01. The van der Waals surface area contributed by atoms with E-state index in [1.165, 1.54) is 12.1 Å². The van der Waals surface area contributed by atoms with Crippen molar-refractivity contribution in [2.45, 2.75) is 6.04 Å². The van der Waals surface area contributed by atoms with Crippen molar-refractivity contribution in [1.82, 2.24) is 5.43 Å². The minimum atomic E-state index is -0.410. The second-order valence-corrected chi connectivity index (χ2v) is 4.66. The van der Waals surface area contributed by atoms with Crippen LogP contribution >= 0.6 is 23.2 Å². The molecule has 0 heterocycles. The number of nitrogens with one attached hydrogen (secondary N) is 1. The third-order valence-electron chi connectivity index (χ3n) is 2.62. The van der Waals surface area contributed by atoms with Gasteiger partial charge in [-0.1, -0.05) is 35.3 Å². The molecule has 0 fully saturated rings. The summed E-state index contributed by atoms with van der Waals surface area (Å²) < 4.78 is 13.2. The van der Waals surface area contributed by atoms with Crippen molar-refractivity contribution >= 4 is 23.2 Å². The molecule has 0 aliphatic rings. The summed E-state index contributed by atoms with van der Waals surface area (Å²) in [6.45, 7) is 0. The van der Waals surface area contributed by atoms with Crippen LogP contribution in [0.1, 0.15) is 17.2 Å². The van der Waals surface area contributed by atoms with Gasteiger partial charge in [-0.25, -0.2) is 9.82 Å². The molecule has 3 N–H and O–H groups in total. The lowest BCUT2D eigenvalue weighted by atomic mass is 9.99. The van der Waals surface area contributed by atoms with Gasteiger partial charge < -0.3 is 0 Å². The molecule has 0 radical (unpaired) electrons. The Morgan fingerprint density at radius 3 is 2.56 bits per heavy atom. The lowest BCUT2D eigenvalue weighted by Gasteiger charge is -2.18.